The Morgan fingerprint density at radius 2 is 1.71 bits per heavy atom. The van der Waals surface area contributed by atoms with Crippen molar-refractivity contribution in [1.29, 1.82) is 0 Å². The molecule has 0 saturated carbocycles. The van der Waals surface area contributed by atoms with E-state index in [1.807, 2.05) is 43.3 Å². The molecule has 0 radical (unpaired) electrons. The van der Waals surface area contributed by atoms with Gasteiger partial charge in [0.2, 0.25) is 0 Å². The lowest BCUT2D eigenvalue weighted by Gasteiger charge is -2.15. The zero-order chi connectivity index (χ0) is 14.9. The molecule has 0 aromatic heterocycles. The largest absolute Gasteiger partial charge is 0.490 e. The minimum absolute atomic E-state index is 0.602. The summed E-state index contributed by atoms with van der Waals surface area (Å²) in [6.45, 7) is 3.83. The van der Waals surface area contributed by atoms with Gasteiger partial charge in [-0.1, -0.05) is 42.5 Å². The van der Waals surface area contributed by atoms with E-state index in [1.165, 1.54) is 5.56 Å². The molecular weight excluding hydrogens is 262 g/mol. The van der Waals surface area contributed by atoms with Crippen LogP contribution in [0.5, 0.6) is 11.5 Å². The second-order valence-corrected chi connectivity index (χ2v) is 4.80. The molecule has 3 heteroatoms. The Bertz CT molecular complexity index is 516. The Labute approximate surface area is 126 Å². The highest BCUT2D eigenvalue weighted by atomic mass is 16.5. The van der Waals surface area contributed by atoms with Gasteiger partial charge in [0.1, 0.15) is 0 Å². The van der Waals surface area contributed by atoms with Gasteiger partial charge in [-0.15, -0.1) is 0 Å². The number of para-hydroxylation sites is 1. The lowest BCUT2D eigenvalue weighted by atomic mass is 10.1. The smallest absolute Gasteiger partial charge is 0.164 e. The van der Waals surface area contributed by atoms with Crippen LogP contribution in [0.3, 0.4) is 0 Å². The van der Waals surface area contributed by atoms with Crippen molar-refractivity contribution in [1.82, 2.24) is 0 Å². The van der Waals surface area contributed by atoms with Gasteiger partial charge < -0.3 is 15.2 Å². The number of rotatable bonds is 8. The van der Waals surface area contributed by atoms with Crippen molar-refractivity contribution in [3.8, 4) is 11.5 Å². The Hall–Kier alpha value is -2.00. The monoisotopic (exact) mass is 285 g/mol. The topological polar surface area (TPSA) is 44.5 Å². The van der Waals surface area contributed by atoms with Crippen LogP contribution in [0.2, 0.25) is 0 Å². The predicted molar refractivity (Wildman–Crippen MR) is 86.0 cm³/mol. The number of ether oxygens (including phenoxy) is 2. The summed E-state index contributed by atoms with van der Waals surface area (Å²) in [4.78, 5) is 0. The molecule has 0 spiro atoms. The fraction of sp³-hybridized carbons (Fsp3) is 0.333. The van der Waals surface area contributed by atoms with Crippen LogP contribution < -0.4 is 15.2 Å². The quantitative estimate of drug-likeness (QED) is 0.810. The van der Waals surface area contributed by atoms with Gasteiger partial charge in [-0.2, -0.15) is 0 Å². The molecule has 0 aliphatic carbocycles. The summed E-state index contributed by atoms with van der Waals surface area (Å²) < 4.78 is 11.7. The molecule has 2 aromatic rings. The normalized spacial score (nSPS) is 10.4. The fourth-order valence-corrected chi connectivity index (χ4v) is 2.26. The van der Waals surface area contributed by atoms with E-state index in [1.54, 1.807) is 0 Å². The summed E-state index contributed by atoms with van der Waals surface area (Å²) in [6, 6.07) is 16.3. The van der Waals surface area contributed by atoms with Crippen LogP contribution in [0.4, 0.5) is 0 Å². The van der Waals surface area contributed by atoms with E-state index < -0.39 is 0 Å². The first-order chi connectivity index (χ1) is 10.3. The van der Waals surface area contributed by atoms with Gasteiger partial charge in [-0.25, -0.2) is 0 Å². The van der Waals surface area contributed by atoms with Crippen molar-refractivity contribution in [3.63, 3.8) is 0 Å². The van der Waals surface area contributed by atoms with E-state index in [-0.39, 0.29) is 0 Å². The molecule has 2 N–H and O–H groups in total. The van der Waals surface area contributed by atoms with Crippen molar-refractivity contribution < 1.29 is 9.47 Å². The maximum atomic E-state index is 6.00. The minimum atomic E-state index is 0.602. The summed E-state index contributed by atoms with van der Waals surface area (Å²) in [5.41, 5.74) is 8.05. The van der Waals surface area contributed by atoms with Gasteiger partial charge in [0.25, 0.3) is 0 Å². The van der Waals surface area contributed by atoms with E-state index in [0.717, 1.165) is 29.9 Å². The van der Waals surface area contributed by atoms with Gasteiger partial charge in [0.15, 0.2) is 11.5 Å². The lowest BCUT2D eigenvalue weighted by molar-refractivity contribution is 0.277. The summed E-state index contributed by atoms with van der Waals surface area (Å²) in [5, 5.41) is 0. The zero-order valence-corrected chi connectivity index (χ0v) is 12.5. The van der Waals surface area contributed by atoms with Crippen molar-refractivity contribution >= 4 is 0 Å². The molecule has 0 aliphatic rings. The van der Waals surface area contributed by atoms with Gasteiger partial charge in [-0.05, 0) is 37.1 Å². The van der Waals surface area contributed by atoms with Crippen LogP contribution in [0.25, 0.3) is 0 Å². The number of benzene rings is 2. The number of hydrogen-bond donors (Lipinski definition) is 1. The first-order valence-corrected chi connectivity index (χ1v) is 7.46. The molecule has 3 nitrogen and oxygen atoms in total. The average molecular weight is 285 g/mol. The molecule has 2 rings (SSSR count). The third kappa shape index (κ3) is 4.50. The summed E-state index contributed by atoms with van der Waals surface area (Å²) in [5.74, 6) is 1.64. The molecule has 0 fully saturated rings. The Balaban J connectivity index is 2.06. The molecule has 0 saturated heterocycles. The van der Waals surface area contributed by atoms with E-state index in [0.29, 0.717) is 19.8 Å². The second kappa shape index (κ2) is 8.32. The standard InChI is InChI=1S/C18H23NO2/c1-2-20-17-10-6-9-16(11-13-19)18(17)21-14-12-15-7-4-3-5-8-15/h3-10H,2,11-14,19H2,1H3. The van der Waals surface area contributed by atoms with Crippen molar-refractivity contribution in [3.05, 3.63) is 59.7 Å². The molecule has 0 heterocycles. The Morgan fingerprint density at radius 1 is 0.905 bits per heavy atom. The van der Waals surface area contributed by atoms with Gasteiger partial charge in [0.05, 0.1) is 13.2 Å². The summed E-state index contributed by atoms with van der Waals surface area (Å²) in [7, 11) is 0. The van der Waals surface area contributed by atoms with Gasteiger partial charge in [0, 0.05) is 6.42 Å². The average Bonchev–Trinajstić information content (AvgIpc) is 2.51. The van der Waals surface area contributed by atoms with Crippen LogP contribution in [0.1, 0.15) is 18.1 Å². The molecular formula is C18H23NO2. The summed E-state index contributed by atoms with van der Waals surface area (Å²) >= 11 is 0. The molecule has 0 bridgehead atoms. The third-order valence-electron chi connectivity index (χ3n) is 3.25. The molecule has 0 atom stereocenters. The molecule has 0 aliphatic heterocycles. The molecule has 0 unspecified atom stereocenters. The highest BCUT2D eigenvalue weighted by Gasteiger charge is 2.10. The first-order valence-electron chi connectivity index (χ1n) is 7.46. The summed E-state index contributed by atoms with van der Waals surface area (Å²) in [6.07, 6.45) is 1.67. The van der Waals surface area contributed by atoms with Crippen LogP contribution in [0.15, 0.2) is 48.5 Å². The number of nitrogens with two attached hydrogens (primary N) is 1. The van der Waals surface area contributed by atoms with Crippen molar-refractivity contribution in [2.24, 2.45) is 5.73 Å². The van der Waals surface area contributed by atoms with E-state index >= 15 is 0 Å². The van der Waals surface area contributed by atoms with E-state index in [2.05, 4.69) is 12.1 Å². The highest BCUT2D eigenvalue weighted by Crippen LogP contribution is 2.31. The SMILES string of the molecule is CCOc1cccc(CCN)c1OCCc1ccccc1. The van der Waals surface area contributed by atoms with Crippen LogP contribution in [-0.4, -0.2) is 19.8 Å². The molecule has 112 valence electrons. The molecule has 21 heavy (non-hydrogen) atoms. The highest BCUT2D eigenvalue weighted by molar-refractivity contribution is 5.46. The first kappa shape index (κ1) is 15.4. The van der Waals surface area contributed by atoms with E-state index in [9.17, 15) is 0 Å². The predicted octanol–water partition coefficient (Wildman–Crippen LogP) is 3.21. The molecule has 0 amide bonds. The number of hydrogen-bond acceptors (Lipinski definition) is 3. The molecule has 2 aromatic carbocycles. The van der Waals surface area contributed by atoms with Crippen LogP contribution in [-0.2, 0) is 12.8 Å². The maximum absolute atomic E-state index is 6.00. The lowest BCUT2D eigenvalue weighted by Crippen LogP contribution is -2.09. The van der Waals surface area contributed by atoms with E-state index in [4.69, 9.17) is 15.2 Å². The van der Waals surface area contributed by atoms with Gasteiger partial charge >= 0.3 is 0 Å². The Kier molecular flexibility index (Phi) is 6.10. The van der Waals surface area contributed by atoms with Crippen LogP contribution in [0, 0.1) is 0 Å². The minimum Gasteiger partial charge on any atom is -0.490 e. The van der Waals surface area contributed by atoms with Gasteiger partial charge in [-0.3, -0.25) is 0 Å². The van der Waals surface area contributed by atoms with Crippen LogP contribution >= 0.6 is 0 Å². The van der Waals surface area contributed by atoms with Crippen molar-refractivity contribution in [2.75, 3.05) is 19.8 Å². The Morgan fingerprint density at radius 3 is 2.43 bits per heavy atom. The second-order valence-electron chi connectivity index (χ2n) is 4.80. The zero-order valence-electron chi connectivity index (χ0n) is 12.5. The third-order valence-corrected chi connectivity index (χ3v) is 3.25. The van der Waals surface area contributed by atoms with Crippen molar-refractivity contribution in [2.45, 2.75) is 19.8 Å². The maximum Gasteiger partial charge on any atom is 0.164 e. The fourth-order valence-electron chi connectivity index (χ4n) is 2.26.